The van der Waals surface area contributed by atoms with E-state index in [0.29, 0.717) is 23.4 Å². The average Bonchev–Trinajstić information content (AvgIpc) is 3.07. The van der Waals surface area contributed by atoms with Crippen LogP contribution >= 0.6 is 0 Å². The number of carbonyl (C=O) groups excluding carboxylic acids is 2. The minimum atomic E-state index is -0.596. The number of aromatic nitrogens is 4. The van der Waals surface area contributed by atoms with Gasteiger partial charge >= 0.3 is 6.03 Å². The predicted molar refractivity (Wildman–Crippen MR) is 96.7 cm³/mol. The van der Waals surface area contributed by atoms with Gasteiger partial charge in [-0.25, -0.2) is 14.8 Å². The highest BCUT2D eigenvalue weighted by atomic mass is 16.2. The number of urea groups is 1. The second kappa shape index (κ2) is 7.18. The molecule has 1 aromatic carbocycles. The zero-order valence-electron chi connectivity index (χ0n) is 14.4. The molecule has 0 aliphatic carbocycles. The van der Waals surface area contributed by atoms with E-state index in [1.165, 1.54) is 13.3 Å². The Labute approximate surface area is 148 Å². The summed E-state index contributed by atoms with van der Waals surface area (Å²) in [5.41, 5.74) is 1.05. The van der Waals surface area contributed by atoms with Crippen molar-refractivity contribution in [1.29, 1.82) is 0 Å². The van der Waals surface area contributed by atoms with E-state index in [2.05, 4.69) is 25.7 Å². The number of nitrogens with zero attached hydrogens (tertiary/aromatic N) is 3. The molecule has 0 bridgehead atoms. The molecular formula is C17H18N6O3. The number of hydrogen-bond acceptors (Lipinski definition) is 5. The van der Waals surface area contributed by atoms with Crippen molar-refractivity contribution in [1.82, 2.24) is 19.6 Å². The Kier molecular flexibility index (Phi) is 4.78. The van der Waals surface area contributed by atoms with Crippen LogP contribution in [0.4, 0.5) is 16.2 Å². The monoisotopic (exact) mass is 354 g/mol. The summed E-state index contributed by atoms with van der Waals surface area (Å²) in [6.45, 7) is 3.40. The number of benzene rings is 1. The Morgan fingerprint density at radius 2 is 2.08 bits per heavy atom. The van der Waals surface area contributed by atoms with Gasteiger partial charge in [-0.2, -0.15) is 4.52 Å². The highest BCUT2D eigenvalue weighted by Crippen LogP contribution is 2.14. The zero-order valence-corrected chi connectivity index (χ0v) is 14.4. The van der Waals surface area contributed by atoms with Gasteiger partial charge in [0.15, 0.2) is 5.78 Å². The fourth-order valence-electron chi connectivity index (χ4n) is 2.54. The molecule has 2 amide bonds. The molecule has 0 saturated carbocycles. The van der Waals surface area contributed by atoms with Crippen molar-refractivity contribution in [2.45, 2.75) is 26.7 Å². The van der Waals surface area contributed by atoms with Crippen molar-refractivity contribution >= 4 is 29.0 Å². The molecule has 0 radical (unpaired) electrons. The lowest BCUT2D eigenvalue weighted by Gasteiger charge is -2.11. The number of aromatic amines is 1. The average molecular weight is 354 g/mol. The van der Waals surface area contributed by atoms with Crippen LogP contribution in [-0.2, 0) is 6.42 Å². The molecule has 0 fully saturated rings. The molecule has 2 aromatic heterocycles. The first-order chi connectivity index (χ1) is 12.5. The highest BCUT2D eigenvalue weighted by molar-refractivity contribution is 6.01. The van der Waals surface area contributed by atoms with Crippen LogP contribution in [-0.4, -0.2) is 31.4 Å². The molecule has 0 aliphatic heterocycles. The number of hydrogen-bond donors (Lipinski definition) is 3. The van der Waals surface area contributed by atoms with Gasteiger partial charge in [-0.15, -0.1) is 0 Å². The number of carbonyl (C=O) groups is 2. The molecule has 0 unspecified atom stereocenters. The number of rotatable bonds is 5. The summed E-state index contributed by atoms with van der Waals surface area (Å²) in [5, 5.41) is 7.85. The van der Waals surface area contributed by atoms with Gasteiger partial charge in [-0.05, 0) is 25.5 Å². The highest BCUT2D eigenvalue weighted by Gasteiger charge is 2.16. The van der Waals surface area contributed by atoms with Crippen LogP contribution in [0.1, 0.15) is 36.3 Å². The third kappa shape index (κ3) is 3.46. The zero-order chi connectivity index (χ0) is 18.7. The number of amides is 2. The number of fused-ring (bicyclic) bond motifs is 1. The van der Waals surface area contributed by atoms with Crippen LogP contribution in [0, 0.1) is 0 Å². The summed E-state index contributed by atoms with van der Waals surface area (Å²) in [7, 11) is 0. The summed E-state index contributed by atoms with van der Waals surface area (Å²) >= 11 is 0. The van der Waals surface area contributed by atoms with E-state index in [0.717, 1.165) is 10.9 Å². The third-order valence-electron chi connectivity index (χ3n) is 3.76. The maximum atomic E-state index is 12.6. The minimum Gasteiger partial charge on any atom is -0.308 e. The number of nitrogens with one attached hydrogen (secondary N) is 3. The quantitative estimate of drug-likeness (QED) is 0.607. The fourth-order valence-corrected chi connectivity index (χ4v) is 2.54. The van der Waals surface area contributed by atoms with Crippen molar-refractivity contribution in [3.05, 3.63) is 52.2 Å². The van der Waals surface area contributed by atoms with Gasteiger partial charge < -0.3 is 10.6 Å². The molecule has 0 aliphatic rings. The van der Waals surface area contributed by atoms with E-state index in [9.17, 15) is 14.4 Å². The molecule has 9 nitrogen and oxygen atoms in total. The lowest BCUT2D eigenvalue weighted by atomic mass is 10.1. The molecule has 134 valence electrons. The van der Waals surface area contributed by atoms with Gasteiger partial charge in [-0.3, -0.25) is 14.7 Å². The Morgan fingerprint density at radius 3 is 2.81 bits per heavy atom. The number of H-pyrrole nitrogens is 1. The Morgan fingerprint density at radius 1 is 1.27 bits per heavy atom. The third-order valence-corrected chi connectivity index (χ3v) is 3.76. The van der Waals surface area contributed by atoms with Crippen LogP contribution in [0.15, 0.2) is 35.4 Å². The van der Waals surface area contributed by atoms with Gasteiger partial charge in [0.25, 0.3) is 11.3 Å². The van der Waals surface area contributed by atoms with Gasteiger partial charge in [0.2, 0.25) is 0 Å². The topological polar surface area (TPSA) is 121 Å². The van der Waals surface area contributed by atoms with E-state index in [1.54, 1.807) is 24.3 Å². The fraction of sp³-hybridized carbons (Fsp3) is 0.235. The molecule has 26 heavy (non-hydrogen) atoms. The Balaban J connectivity index is 1.88. The number of anilines is 2. The standard InChI is InChI=1S/C17H18N6O3/c1-3-5-13-14(15(25)23-16(21-13)18-9-19-23)22-17(26)20-12-7-4-6-11(8-12)10(2)24/h4,6-9H,3,5H2,1-2H3,(H,18,19,21)(H2,20,22,26). The first-order valence-electron chi connectivity index (χ1n) is 8.13. The normalized spacial score (nSPS) is 10.7. The molecule has 3 N–H and O–H groups in total. The lowest BCUT2D eigenvalue weighted by molar-refractivity contribution is 0.101. The molecule has 0 saturated heterocycles. The van der Waals surface area contributed by atoms with Crippen LogP contribution in [0.25, 0.3) is 5.78 Å². The molecule has 9 heteroatoms. The van der Waals surface area contributed by atoms with Crippen molar-refractivity contribution in [3.8, 4) is 0 Å². The van der Waals surface area contributed by atoms with Crippen LogP contribution in [0.5, 0.6) is 0 Å². The largest absolute Gasteiger partial charge is 0.323 e. The second-order valence-electron chi connectivity index (χ2n) is 5.73. The summed E-state index contributed by atoms with van der Waals surface area (Å²) in [4.78, 5) is 44.7. The molecule has 3 aromatic rings. The summed E-state index contributed by atoms with van der Waals surface area (Å²) < 4.78 is 1.16. The van der Waals surface area contributed by atoms with E-state index in [-0.39, 0.29) is 17.2 Å². The molecular weight excluding hydrogens is 336 g/mol. The van der Waals surface area contributed by atoms with Crippen molar-refractivity contribution < 1.29 is 9.59 Å². The van der Waals surface area contributed by atoms with E-state index < -0.39 is 11.6 Å². The maximum absolute atomic E-state index is 12.6. The minimum absolute atomic E-state index is 0.0915. The molecule has 3 rings (SSSR count). The number of ketones is 1. The molecule has 0 atom stereocenters. The van der Waals surface area contributed by atoms with Gasteiger partial charge in [0, 0.05) is 11.3 Å². The number of Topliss-reactive ketones (excluding diaryl/α,β-unsaturated/α-hetero) is 1. The lowest BCUT2D eigenvalue weighted by Crippen LogP contribution is -2.28. The van der Waals surface area contributed by atoms with Gasteiger partial charge in [0.1, 0.15) is 12.0 Å². The van der Waals surface area contributed by atoms with E-state index >= 15 is 0 Å². The van der Waals surface area contributed by atoms with Crippen LogP contribution in [0.2, 0.25) is 0 Å². The Hall–Kier alpha value is -3.49. The second-order valence-corrected chi connectivity index (χ2v) is 5.73. The maximum Gasteiger partial charge on any atom is 0.323 e. The predicted octanol–water partition coefficient (Wildman–Crippen LogP) is 2.22. The van der Waals surface area contributed by atoms with Gasteiger partial charge in [-0.1, -0.05) is 25.5 Å². The number of aryl methyl sites for hydroxylation is 1. The molecule has 2 heterocycles. The Bertz CT molecular complexity index is 1040. The summed E-state index contributed by atoms with van der Waals surface area (Å²) in [6, 6.07) is 5.96. The van der Waals surface area contributed by atoms with Crippen LogP contribution in [0.3, 0.4) is 0 Å². The van der Waals surface area contributed by atoms with Gasteiger partial charge in [0.05, 0.1) is 5.69 Å². The van der Waals surface area contributed by atoms with Crippen molar-refractivity contribution in [3.63, 3.8) is 0 Å². The summed E-state index contributed by atoms with van der Waals surface area (Å²) in [6.07, 6.45) is 2.63. The van der Waals surface area contributed by atoms with Crippen molar-refractivity contribution in [2.24, 2.45) is 0 Å². The van der Waals surface area contributed by atoms with E-state index in [4.69, 9.17) is 0 Å². The smallest absolute Gasteiger partial charge is 0.308 e. The summed E-state index contributed by atoms with van der Waals surface area (Å²) in [5.74, 6) is 0.144. The first-order valence-corrected chi connectivity index (χ1v) is 8.13. The first kappa shape index (κ1) is 17.3. The molecule has 0 spiro atoms. The van der Waals surface area contributed by atoms with Crippen LogP contribution < -0.4 is 16.2 Å². The SMILES string of the molecule is CCCc1nc2nc[nH]n2c(=O)c1NC(=O)Nc1cccc(C(C)=O)c1. The van der Waals surface area contributed by atoms with E-state index in [1.807, 2.05) is 6.92 Å². The van der Waals surface area contributed by atoms with Crippen molar-refractivity contribution in [2.75, 3.05) is 10.6 Å².